The standard InChI is InChI=1S/C27H23F3N6O4S/c1-4-36-20-13-19-18(12-16(20)26(2,3)25(36)37)31-24(32-19)23-15-11-14(9-10-17(15)33-34-23)35-41(38,39)22-8-6-5-7-21(22)40-27(28,29)30/h5-13,35H,4H2,1-3H3,(H,31,32)(H,33,34). The van der Waals surface area contributed by atoms with Crippen LogP contribution in [0.15, 0.2) is 59.5 Å². The molecule has 0 fully saturated rings. The fourth-order valence-corrected chi connectivity index (χ4v) is 6.29. The number of nitrogens with one attached hydrogen (secondary N) is 3. The molecule has 0 aliphatic carbocycles. The number of aromatic nitrogens is 4. The van der Waals surface area contributed by atoms with Gasteiger partial charge in [0.15, 0.2) is 5.82 Å². The molecule has 41 heavy (non-hydrogen) atoms. The van der Waals surface area contributed by atoms with Gasteiger partial charge < -0.3 is 14.6 Å². The summed E-state index contributed by atoms with van der Waals surface area (Å²) in [5.74, 6) is -0.423. The zero-order valence-corrected chi connectivity index (χ0v) is 22.7. The van der Waals surface area contributed by atoms with E-state index in [0.29, 0.717) is 40.0 Å². The van der Waals surface area contributed by atoms with Crippen molar-refractivity contribution in [2.45, 2.75) is 37.4 Å². The monoisotopic (exact) mass is 584 g/mol. The van der Waals surface area contributed by atoms with Gasteiger partial charge in [0.25, 0.3) is 10.0 Å². The lowest BCUT2D eigenvalue weighted by atomic mass is 9.86. The first-order valence-electron chi connectivity index (χ1n) is 12.5. The topological polar surface area (TPSA) is 133 Å². The largest absolute Gasteiger partial charge is 0.573 e. The second-order valence-corrected chi connectivity index (χ2v) is 11.7. The van der Waals surface area contributed by atoms with Gasteiger partial charge in [-0.25, -0.2) is 13.4 Å². The second-order valence-electron chi connectivity index (χ2n) is 10.1. The van der Waals surface area contributed by atoms with E-state index in [0.717, 1.165) is 23.4 Å². The predicted octanol–water partition coefficient (Wildman–Crippen LogP) is 5.45. The number of carbonyl (C=O) groups excluding carboxylic acids is 1. The molecule has 1 amide bonds. The Hall–Kier alpha value is -4.59. The van der Waals surface area contributed by atoms with Crippen molar-refractivity contribution in [1.29, 1.82) is 0 Å². The maximum absolute atomic E-state index is 13.1. The van der Waals surface area contributed by atoms with Crippen molar-refractivity contribution >= 4 is 49.2 Å². The number of carbonyl (C=O) groups is 1. The molecule has 0 atom stereocenters. The number of sulfonamides is 1. The van der Waals surface area contributed by atoms with Crippen molar-refractivity contribution < 1.29 is 31.1 Å². The van der Waals surface area contributed by atoms with Gasteiger partial charge in [0.1, 0.15) is 16.3 Å². The molecule has 2 aromatic heterocycles. The quantitative estimate of drug-likeness (QED) is 0.243. The summed E-state index contributed by atoms with van der Waals surface area (Å²) in [7, 11) is -4.46. The number of fused-ring (bicyclic) bond motifs is 3. The summed E-state index contributed by atoms with van der Waals surface area (Å²) >= 11 is 0. The van der Waals surface area contributed by atoms with E-state index in [2.05, 4.69) is 29.6 Å². The van der Waals surface area contributed by atoms with Crippen LogP contribution in [-0.4, -0.2) is 47.4 Å². The van der Waals surface area contributed by atoms with Crippen LogP contribution < -0.4 is 14.4 Å². The highest BCUT2D eigenvalue weighted by Crippen LogP contribution is 2.43. The molecule has 1 aliphatic heterocycles. The van der Waals surface area contributed by atoms with Crippen molar-refractivity contribution in [2.75, 3.05) is 16.2 Å². The minimum Gasteiger partial charge on any atom is -0.404 e. The summed E-state index contributed by atoms with van der Waals surface area (Å²) in [5, 5.41) is 7.75. The Balaban J connectivity index is 1.37. The number of hydrogen-bond donors (Lipinski definition) is 3. The Kier molecular flexibility index (Phi) is 5.82. The van der Waals surface area contributed by atoms with Crippen LogP contribution in [-0.2, 0) is 20.2 Å². The maximum atomic E-state index is 13.1. The molecule has 3 N–H and O–H groups in total. The molecule has 0 saturated heterocycles. The van der Waals surface area contributed by atoms with Crippen molar-refractivity contribution in [3.63, 3.8) is 0 Å². The van der Waals surface area contributed by atoms with Crippen LogP contribution in [0.3, 0.4) is 0 Å². The fourth-order valence-electron chi connectivity index (χ4n) is 5.11. The van der Waals surface area contributed by atoms with E-state index in [9.17, 15) is 26.4 Å². The Bertz CT molecular complexity index is 1960. The summed E-state index contributed by atoms with van der Waals surface area (Å²) in [6, 6.07) is 12.8. The third-order valence-corrected chi connectivity index (χ3v) is 8.48. The number of benzene rings is 3. The number of alkyl halides is 3. The number of anilines is 2. The second kappa shape index (κ2) is 8.96. The zero-order chi connectivity index (χ0) is 29.3. The van der Waals surface area contributed by atoms with Crippen molar-refractivity contribution in [2.24, 2.45) is 0 Å². The van der Waals surface area contributed by atoms with Gasteiger partial charge >= 0.3 is 6.36 Å². The number of likely N-dealkylation sites (N-methyl/N-ethyl adjacent to an activating group) is 1. The Morgan fingerprint density at radius 3 is 2.56 bits per heavy atom. The van der Waals surface area contributed by atoms with Crippen LogP contribution in [0.25, 0.3) is 33.5 Å². The van der Waals surface area contributed by atoms with Crippen molar-refractivity contribution in [3.05, 3.63) is 60.2 Å². The summed E-state index contributed by atoms with van der Waals surface area (Å²) in [6.45, 7) is 6.19. The molecule has 5 aromatic rings. The molecule has 0 bridgehead atoms. The first kappa shape index (κ1) is 26.6. The number of halogens is 3. The highest BCUT2D eigenvalue weighted by atomic mass is 32.2. The number of rotatable bonds is 6. The molecule has 0 saturated carbocycles. The van der Waals surface area contributed by atoms with E-state index < -0.39 is 32.4 Å². The third kappa shape index (κ3) is 4.43. The summed E-state index contributed by atoms with van der Waals surface area (Å²) < 4.78 is 70.9. The highest BCUT2D eigenvalue weighted by Gasteiger charge is 2.43. The summed E-state index contributed by atoms with van der Waals surface area (Å²) in [4.78, 5) is 21.9. The number of hydrogen-bond acceptors (Lipinski definition) is 6. The van der Waals surface area contributed by atoms with E-state index in [1.165, 1.54) is 24.3 Å². The zero-order valence-electron chi connectivity index (χ0n) is 21.9. The molecule has 212 valence electrons. The summed E-state index contributed by atoms with van der Waals surface area (Å²) in [6.07, 6.45) is -5.07. The van der Waals surface area contributed by atoms with Gasteiger partial charge in [-0.05, 0) is 68.8 Å². The van der Waals surface area contributed by atoms with Crippen LogP contribution in [0.5, 0.6) is 5.75 Å². The average Bonchev–Trinajstić information content (AvgIpc) is 3.55. The SMILES string of the molecule is CCN1C(=O)C(C)(C)c2cc3[nH]c(-c4n[nH]c5ccc(NS(=O)(=O)c6ccccc6OC(F)(F)F)cc45)nc3cc21. The Morgan fingerprint density at radius 1 is 1.07 bits per heavy atom. The lowest BCUT2D eigenvalue weighted by molar-refractivity contribution is -0.275. The van der Waals surface area contributed by atoms with Gasteiger partial charge in [-0.15, -0.1) is 13.2 Å². The molecule has 3 heterocycles. The van der Waals surface area contributed by atoms with E-state index in [4.69, 9.17) is 0 Å². The number of para-hydroxylation sites is 1. The first-order chi connectivity index (χ1) is 19.3. The van der Waals surface area contributed by atoms with Gasteiger partial charge in [-0.2, -0.15) is 5.10 Å². The van der Waals surface area contributed by atoms with Crippen LogP contribution in [0, 0.1) is 0 Å². The summed E-state index contributed by atoms with van der Waals surface area (Å²) in [5.41, 5.74) is 3.38. The lowest BCUT2D eigenvalue weighted by Gasteiger charge is -2.18. The third-order valence-electron chi connectivity index (χ3n) is 7.06. The molecule has 14 heteroatoms. The number of nitrogens with zero attached hydrogens (tertiary/aromatic N) is 3. The van der Waals surface area contributed by atoms with Crippen molar-refractivity contribution in [3.8, 4) is 17.3 Å². The van der Waals surface area contributed by atoms with Gasteiger partial charge in [0.05, 0.1) is 27.7 Å². The number of amides is 1. The molecular weight excluding hydrogens is 561 g/mol. The molecule has 3 aromatic carbocycles. The fraction of sp³-hybridized carbons (Fsp3) is 0.222. The molecule has 6 rings (SSSR count). The van der Waals surface area contributed by atoms with Gasteiger partial charge in [0.2, 0.25) is 5.91 Å². The number of ether oxygens (including phenoxy) is 1. The van der Waals surface area contributed by atoms with Gasteiger partial charge in [0, 0.05) is 17.6 Å². The molecule has 0 unspecified atom stereocenters. The molecule has 0 spiro atoms. The van der Waals surface area contributed by atoms with E-state index in [-0.39, 0.29) is 11.6 Å². The van der Waals surface area contributed by atoms with Crippen LogP contribution >= 0.6 is 0 Å². The van der Waals surface area contributed by atoms with Crippen LogP contribution in [0.2, 0.25) is 0 Å². The lowest BCUT2D eigenvalue weighted by Crippen LogP contribution is -2.35. The van der Waals surface area contributed by atoms with E-state index in [1.807, 2.05) is 32.9 Å². The number of H-pyrrole nitrogens is 2. The smallest absolute Gasteiger partial charge is 0.404 e. The molecule has 10 nitrogen and oxygen atoms in total. The average molecular weight is 585 g/mol. The van der Waals surface area contributed by atoms with Crippen LogP contribution in [0.1, 0.15) is 26.3 Å². The van der Waals surface area contributed by atoms with Gasteiger partial charge in [-0.3, -0.25) is 14.6 Å². The molecule has 1 aliphatic rings. The molecular formula is C27H23F3N6O4S. The first-order valence-corrected chi connectivity index (χ1v) is 14.0. The van der Waals surface area contributed by atoms with Gasteiger partial charge in [-0.1, -0.05) is 12.1 Å². The highest BCUT2D eigenvalue weighted by molar-refractivity contribution is 7.92. The predicted molar refractivity (Wildman–Crippen MR) is 146 cm³/mol. The van der Waals surface area contributed by atoms with E-state index >= 15 is 0 Å². The minimum absolute atomic E-state index is 0.0174. The Labute approximate surface area is 231 Å². The minimum atomic E-state index is -5.07. The number of aromatic amines is 2. The van der Waals surface area contributed by atoms with Crippen LogP contribution in [0.4, 0.5) is 24.5 Å². The normalized spacial score (nSPS) is 15.1. The maximum Gasteiger partial charge on any atom is 0.573 e. The van der Waals surface area contributed by atoms with Crippen molar-refractivity contribution in [1.82, 2.24) is 20.2 Å². The number of imidazole rings is 1. The Morgan fingerprint density at radius 2 is 1.83 bits per heavy atom. The van der Waals surface area contributed by atoms with E-state index in [1.54, 1.807) is 11.0 Å². The molecule has 0 radical (unpaired) electrons.